The molecule has 3 heterocycles. The number of fused-ring (bicyclic) bond motifs is 6. The van der Waals surface area contributed by atoms with Crippen LogP contribution in [-0.2, 0) is 30.2 Å². The minimum Gasteiger partial charge on any atom is -0.507 e. The number of methoxy groups -OCH3 is 2. The van der Waals surface area contributed by atoms with Crippen LogP contribution < -0.4 is 4.74 Å². The number of thioether (sulfide) groups is 1. The molecule has 45 heavy (non-hydrogen) atoms. The Kier molecular flexibility index (Phi) is 7.89. The number of aromatic hydroxyl groups is 2. The Bertz CT molecular complexity index is 1550. The molecule has 12 nitrogen and oxygen atoms in total. The molecule has 0 radical (unpaired) electrons. The highest BCUT2D eigenvalue weighted by Gasteiger charge is 2.53. The summed E-state index contributed by atoms with van der Waals surface area (Å²) < 4.78 is 29.1. The summed E-state index contributed by atoms with van der Waals surface area (Å²) in [5.74, 6) is -1.93. The van der Waals surface area contributed by atoms with Gasteiger partial charge in [-0.25, -0.2) is 0 Å². The van der Waals surface area contributed by atoms with Gasteiger partial charge in [0.05, 0.1) is 38.1 Å². The highest BCUT2D eigenvalue weighted by molar-refractivity contribution is 8.00. The van der Waals surface area contributed by atoms with Crippen LogP contribution in [-0.4, -0.2) is 112 Å². The van der Waals surface area contributed by atoms with Gasteiger partial charge in [-0.1, -0.05) is 19.1 Å². The predicted molar refractivity (Wildman–Crippen MR) is 160 cm³/mol. The molecule has 0 bridgehead atoms. The summed E-state index contributed by atoms with van der Waals surface area (Å²) >= 11 is 1.56. The summed E-state index contributed by atoms with van der Waals surface area (Å²) in [5.41, 5.74) is -2.44. The maximum atomic E-state index is 13.8. The molecule has 2 aromatic carbocycles. The van der Waals surface area contributed by atoms with Gasteiger partial charge in [-0.3, -0.25) is 14.5 Å². The number of ketones is 2. The molecule has 0 amide bonds. The number of aliphatic hydroxyl groups is 2. The fourth-order valence-electron chi connectivity index (χ4n) is 7.77. The van der Waals surface area contributed by atoms with E-state index in [1.54, 1.807) is 23.9 Å². The second-order valence-electron chi connectivity index (χ2n) is 12.4. The van der Waals surface area contributed by atoms with Gasteiger partial charge in [0, 0.05) is 72.0 Å². The quantitative estimate of drug-likeness (QED) is 0.338. The topological polar surface area (TPSA) is 164 Å². The Morgan fingerprint density at radius 2 is 1.98 bits per heavy atom. The van der Waals surface area contributed by atoms with Crippen molar-refractivity contribution in [1.29, 1.82) is 0 Å². The van der Waals surface area contributed by atoms with Gasteiger partial charge >= 0.3 is 0 Å². The number of benzene rings is 2. The average Bonchev–Trinajstić information content (AvgIpc) is 3.40. The Hall–Kier alpha value is -2.75. The number of ether oxygens (including phenoxy) is 5. The van der Waals surface area contributed by atoms with Crippen molar-refractivity contribution in [1.82, 2.24) is 4.90 Å². The molecule has 3 aliphatic heterocycles. The van der Waals surface area contributed by atoms with Gasteiger partial charge in [0.25, 0.3) is 0 Å². The molecule has 2 aromatic rings. The second kappa shape index (κ2) is 11.5. The fraction of sp³-hybridized carbons (Fsp3) is 0.562. The van der Waals surface area contributed by atoms with Gasteiger partial charge in [0.1, 0.15) is 47.2 Å². The van der Waals surface area contributed by atoms with E-state index in [1.807, 2.05) is 0 Å². The number of phenolic OH excluding ortho intramolecular Hbond substituents is 2. The van der Waals surface area contributed by atoms with E-state index in [1.165, 1.54) is 20.3 Å². The Labute approximate surface area is 264 Å². The minimum absolute atomic E-state index is 0.0190. The second-order valence-corrected chi connectivity index (χ2v) is 13.9. The smallest absolute Gasteiger partial charge is 0.197 e. The lowest BCUT2D eigenvalue weighted by atomic mass is 9.71. The number of Topliss-reactive ketones (excluding diaryl/α,β-unsaturated/α-hetero) is 1. The standard InChI is InChI=1S/C32H37NO11S/c1-14-31-17(33-7-8-42-13-21(33)44-31)9-22(45-14)43-19-11-32(39,20(34)12-40-2)10-16-24(19)30(38)26-25(28(16)36)27(35)15-5-4-6-18(41-3)23(15)29(26)37/h4-6,14,17,19,21-22,29,31,36-39H,7-13H2,1-3H3/t14-,17?,19-,21+,22+,29?,31+,32-/m0/s1. The van der Waals surface area contributed by atoms with Gasteiger partial charge in [0.15, 0.2) is 11.6 Å². The number of hydrogen-bond donors (Lipinski definition) is 4. The van der Waals surface area contributed by atoms with E-state index >= 15 is 0 Å². The van der Waals surface area contributed by atoms with Gasteiger partial charge in [-0.15, -0.1) is 11.8 Å². The fourth-order valence-corrected chi connectivity index (χ4v) is 9.15. The molecule has 13 heteroatoms. The molecule has 3 fully saturated rings. The van der Waals surface area contributed by atoms with Gasteiger partial charge in [0.2, 0.25) is 0 Å². The number of carbonyl (C=O) groups excluding carboxylic acids is 2. The van der Waals surface area contributed by atoms with Crippen molar-refractivity contribution in [2.24, 2.45) is 0 Å². The summed E-state index contributed by atoms with van der Waals surface area (Å²) in [6, 6.07) is 4.76. The molecule has 3 saturated heterocycles. The Morgan fingerprint density at radius 1 is 1.18 bits per heavy atom. The molecule has 4 N–H and O–H groups in total. The van der Waals surface area contributed by atoms with Crippen molar-refractivity contribution >= 4 is 23.3 Å². The van der Waals surface area contributed by atoms with E-state index in [0.717, 1.165) is 6.54 Å². The van der Waals surface area contributed by atoms with Gasteiger partial charge < -0.3 is 44.1 Å². The SMILES string of the molecule is COCC(=O)[C@]1(O)Cc2c(O)c3c(c(O)c2[C@@H](O[C@H]2CC4[C@H](O[C@@H]5COCCN45)[C@H](C)S2)C1)C(O)c1c(OC)cccc1C3=O. The summed E-state index contributed by atoms with van der Waals surface area (Å²) in [6.07, 6.45) is -2.76. The van der Waals surface area contributed by atoms with E-state index in [4.69, 9.17) is 23.7 Å². The van der Waals surface area contributed by atoms with Crippen LogP contribution in [0.1, 0.15) is 70.1 Å². The predicted octanol–water partition coefficient (Wildman–Crippen LogP) is 1.96. The summed E-state index contributed by atoms with van der Waals surface area (Å²) in [7, 11) is 2.76. The van der Waals surface area contributed by atoms with Crippen LogP contribution in [0.2, 0.25) is 0 Å². The van der Waals surface area contributed by atoms with Crippen molar-refractivity contribution in [3.63, 3.8) is 0 Å². The Balaban J connectivity index is 1.31. The average molecular weight is 644 g/mol. The van der Waals surface area contributed by atoms with E-state index < -0.39 is 46.3 Å². The number of aliphatic hydroxyl groups excluding tert-OH is 1. The Morgan fingerprint density at radius 3 is 2.73 bits per heavy atom. The van der Waals surface area contributed by atoms with Crippen molar-refractivity contribution in [3.05, 3.63) is 51.6 Å². The van der Waals surface area contributed by atoms with Gasteiger partial charge in [-0.2, -0.15) is 0 Å². The number of nitrogens with zero attached hydrogens (tertiary/aromatic N) is 1. The number of rotatable bonds is 6. The van der Waals surface area contributed by atoms with Crippen LogP contribution in [0.5, 0.6) is 17.2 Å². The number of carbonyl (C=O) groups is 2. The molecule has 0 aromatic heterocycles. The molecule has 2 aliphatic carbocycles. The van der Waals surface area contributed by atoms with E-state index in [9.17, 15) is 30.0 Å². The first kappa shape index (κ1) is 30.9. The number of morpholine rings is 1. The van der Waals surface area contributed by atoms with E-state index in [0.29, 0.717) is 19.6 Å². The summed E-state index contributed by atoms with van der Waals surface area (Å²) in [4.78, 5) is 29.3. The highest BCUT2D eigenvalue weighted by atomic mass is 32.2. The molecule has 0 saturated carbocycles. The molecule has 7 rings (SSSR count). The van der Waals surface area contributed by atoms with Crippen LogP contribution in [0.4, 0.5) is 0 Å². The van der Waals surface area contributed by atoms with Crippen molar-refractivity contribution in [3.8, 4) is 17.2 Å². The molecule has 5 aliphatic rings. The van der Waals surface area contributed by atoms with Crippen LogP contribution in [0.3, 0.4) is 0 Å². The molecular weight excluding hydrogens is 606 g/mol. The van der Waals surface area contributed by atoms with E-state index in [-0.39, 0.29) is 82.2 Å². The van der Waals surface area contributed by atoms with E-state index in [2.05, 4.69) is 11.8 Å². The highest BCUT2D eigenvalue weighted by Crippen LogP contribution is 2.55. The normalized spacial score (nSPS) is 33.9. The van der Waals surface area contributed by atoms with Crippen LogP contribution in [0, 0.1) is 0 Å². The first-order chi connectivity index (χ1) is 21.6. The molecule has 2 unspecified atom stereocenters. The van der Waals surface area contributed by atoms with Crippen molar-refractivity contribution in [2.45, 2.75) is 73.1 Å². The molecule has 242 valence electrons. The zero-order chi connectivity index (χ0) is 31.8. The van der Waals surface area contributed by atoms with Gasteiger partial charge in [-0.05, 0) is 6.07 Å². The summed E-state index contributed by atoms with van der Waals surface area (Å²) in [5, 5.41) is 46.9. The third-order valence-electron chi connectivity index (χ3n) is 9.86. The summed E-state index contributed by atoms with van der Waals surface area (Å²) in [6.45, 7) is 3.51. The van der Waals surface area contributed by atoms with Crippen molar-refractivity contribution < 1.29 is 53.7 Å². The molecule has 0 spiro atoms. The molecular formula is C32H37NO11S. The third-order valence-corrected chi connectivity index (χ3v) is 11.2. The monoisotopic (exact) mass is 643 g/mol. The van der Waals surface area contributed by atoms with Crippen LogP contribution in [0.25, 0.3) is 0 Å². The first-order valence-electron chi connectivity index (χ1n) is 15.1. The molecule has 8 atom stereocenters. The van der Waals surface area contributed by atoms with Crippen LogP contribution in [0.15, 0.2) is 18.2 Å². The maximum absolute atomic E-state index is 13.8. The minimum atomic E-state index is -2.01. The largest absolute Gasteiger partial charge is 0.507 e. The lowest BCUT2D eigenvalue weighted by Gasteiger charge is -2.43. The zero-order valence-electron chi connectivity index (χ0n) is 25.2. The first-order valence-corrected chi connectivity index (χ1v) is 16.1. The third kappa shape index (κ3) is 4.78. The van der Waals surface area contributed by atoms with Crippen molar-refractivity contribution in [2.75, 3.05) is 40.6 Å². The lowest BCUT2D eigenvalue weighted by molar-refractivity contribution is -0.148. The lowest BCUT2D eigenvalue weighted by Crippen LogP contribution is -2.51. The zero-order valence-corrected chi connectivity index (χ0v) is 26.0. The van der Waals surface area contributed by atoms with Crippen LogP contribution >= 0.6 is 11.8 Å². The number of phenols is 2. The number of hydrogen-bond acceptors (Lipinski definition) is 13. The maximum Gasteiger partial charge on any atom is 0.197 e.